The van der Waals surface area contributed by atoms with E-state index in [9.17, 15) is 4.79 Å². The average molecular weight is 254 g/mol. The number of carbonyl (C=O) groups is 1. The van der Waals surface area contributed by atoms with Gasteiger partial charge in [0, 0.05) is 18.4 Å². The molecule has 2 aromatic heterocycles. The molecule has 2 aromatic rings. The number of hydrogen-bond acceptors (Lipinski definition) is 4. The summed E-state index contributed by atoms with van der Waals surface area (Å²) in [6, 6.07) is 9.51. The summed E-state index contributed by atoms with van der Waals surface area (Å²) in [5, 5.41) is 6.00. The molecule has 5 heteroatoms. The Kier molecular flexibility index (Phi) is 3.10. The monoisotopic (exact) mass is 254 g/mol. The van der Waals surface area contributed by atoms with E-state index in [2.05, 4.69) is 20.6 Å². The molecule has 1 fully saturated rings. The van der Waals surface area contributed by atoms with Crippen LogP contribution in [0.25, 0.3) is 0 Å². The van der Waals surface area contributed by atoms with Gasteiger partial charge in [0.1, 0.15) is 11.6 Å². The van der Waals surface area contributed by atoms with Gasteiger partial charge < -0.3 is 10.6 Å². The summed E-state index contributed by atoms with van der Waals surface area (Å²) in [6.07, 6.45) is 5.60. The van der Waals surface area contributed by atoms with Gasteiger partial charge in [-0.15, -0.1) is 0 Å². The lowest BCUT2D eigenvalue weighted by Gasteiger charge is -2.06. The van der Waals surface area contributed by atoms with Gasteiger partial charge in [-0.05, 0) is 37.1 Å². The third kappa shape index (κ3) is 3.07. The van der Waals surface area contributed by atoms with Crippen LogP contribution in [-0.2, 0) is 0 Å². The molecule has 0 atom stereocenters. The van der Waals surface area contributed by atoms with Crippen molar-refractivity contribution >= 4 is 17.5 Å². The number of amides is 1. The van der Waals surface area contributed by atoms with E-state index in [0.717, 1.165) is 5.82 Å². The summed E-state index contributed by atoms with van der Waals surface area (Å²) in [6.45, 7) is 0. The normalized spacial score (nSPS) is 13.9. The van der Waals surface area contributed by atoms with Crippen LogP contribution in [0.2, 0.25) is 0 Å². The zero-order valence-corrected chi connectivity index (χ0v) is 10.3. The minimum absolute atomic E-state index is 0.204. The Bertz CT molecular complexity index is 564. The van der Waals surface area contributed by atoms with Crippen LogP contribution in [0.3, 0.4) is 0 Å². The van der Waals surface area contributed by atoms with Gasteiger partial charge in [0.25, 0.3) is 5.91 Å². The van der Waals surface area contributed by atoms with E-state index >= 15 is 0 Å². The van der Waals surface area contributed by atoms with Crippen molar-refractivity contribution in [3.8, 4) is 0 Å². The van der Waals surface area contributed by atoms with Crippen LogP contribution in [0, 0.1) is 0 Å². The van der Waals surface area contributed by atoms with Crippen LogP contribution >= 0.6 is 0 Å². The number of nitrogens with zero attached hydrogens (tertiary/aromatic N) is 2. The Balaban J connectivity index is 1.65. The van der Waals surface area contributed by atoms with E-state index in [-0.39, 0.29) is 5.91 Å². The molecule has 3 rings (SSSR count). The van der Waals surface area contributed by atoms with Gasteiger partial charge in [0.15, 0.2) is 0 Å². The molecule has 1 aliphatic carbocycles. The third-order valence-corrected chi connectivity index (χ3v) is 2.86. The Morgan fingerprint density at radius 1 is 1.11 bits per heavy atom. The molecule has 2 N–H and O–H groups in total. The van der Waals surface area contributed by atoms with Crippen LogP contribution in [-0.4, -0.2) is 21.9 Å². The summed E-state index contributed by atoms with van der Waals surface area (Å²) in [5.74, 6) is 1.15. The SMILES string of the molecule is O=C(Nc1ccccn1)c1ccc(NC2CC2)nc1. The topological polar surface area (TPSA) is 66.9 Å². The van der Waals surface area contributed by atoms with Gasteiger partial charge in [-0.1, -0.05) is 6.07 Å². The molecule has 0 aromatic carbocycles. The first kappa shape index (κ1) is 11.6. The second kappa shape index (κ2) is 5.06. The van der Waals surface area contributed by atoms with Crippen molar-refractivity contribution in [1.82, 2.24) is 9.97 Å². The third-order valence-electron chi connectivity index (χ3n) is 2.86. The Morgan fingerprint density at radius 2 is 2.00 bits per heavy atom. The molecule has 0 unspecified atom stereocenters. The Hall–Kier alpha value is -2.43. The maximum absolute atomic E-state index is 11.9. The number of hydrogen-bond donors (Lipinski definition) is 2. The summed E-state index contributed by atoms with van der Waals surface area (Å²) >= 11 is 0. The van der Waals surface area contributed by atoms with Crippen molar-refractivity contribution in [2.24, 2.45) is 0 Å². The van der Waals surface area contributed by atoms with E-state index in [1.54, 1.807) is 30.6 Å². The van der Waals surface area contributed by atoms with Crippen molar-refractivity contribution in [3.63, 3.8) is 0 Å². The van der Waals surface area contributed by atoms with E-state index in [0.29, 0.717) is 17.4 Å². The summed E-state index contributed by atoms with van der Waals surface area (Å²) in [5.41, 5.74) is 0.520. The number of nitrogens with one attached hydrogen (secondary N) is 2. The molecule has 5 nitrogen and oxygen atoms in total. The zero-order valence-electron chi connectivity index (χ0n) is 10.3. The summed E-state index contributed by atoms with van der Waals surface area (Å²) in [4.78, 5) is 20.2. The van der Waals surface area contributed by atoms with Crippen molar-refractivity contribution in [3.05, 3.63) is 48.3 Å². The molecule has 0 radical (unpaired) electrons. The highest BCUT2D eigenvalue weighted by molar-refractivity contribution is 6.03. The molecule has 0 spiro atoms. The first-order valence-electron chi connectivity index (χ1n) is 6.26. The first-order chi connectivity index (χ1) is 9.31. The minimum atomic E-state index is -0.204. The van der Waals surface area contributed by atoms with E-state index in [4.69, 9.17) is 0 Å². The van der Waals surface area contributed by atoms with Gasteiger partial charge in [-0.25, -0.2) is 9.97 Å². The van der Waals surface area contributed by atoms with Crippen LogP contribution in [0.1, 0.15) is 23.2 Å². The Morgan fingerprint density at radius 3 is 2.63 bits per heavy atom. The molecule has 1 aliphatic rings. The van der Waals surface area contributed by atoms with E-state index < -0.39 is 0 Å². The van der Waals surface area contributed by atoms with Crippen LogP contribution < -0.4 is 10.6 Å². The van der Waals surface area contributed by atoms with Crippen LogP contribution in [0.5, 0.6) is 0 Å². The molecule has 19 heavy (non-hydrogen) atoms. The smallest absolute Gasteiger partial charge is 0.258 e. The van der Waals surface area contributed by atoms with Crippen molar-refractivity contribution in [1.29, 1.82) is 0 Å². The average Bonchev–Trinajstić information content (AvgIpc) is 3.25. The molecule has 0 bridgehead atoms. The Labute approximate surface area is 111 Å². The molecule has 1 amide bonds. The lowest BCUT2D eigenvalue weighted by atomic mass is 10.2. The molecule has 0 aliphatic heterocycles. The lowest BCUT2D eigenvalue weighted by molar-refractivity contribution is 0.102. The zero-order chi connectivity index (χ0) is 13.1. The fourth-order valence-electron chi connectivity index (χ4n) is 1.68. The number of anilines is 2. The largest absolute Gasteiger partial charge is 0.367 e. The molecular weight excluding hydrogens is 240 g/mol. The van der Waals surface area contributed by atoms with Crippen molar-refractivity contribution in [2.75, 3.05) is 10.6 Å². The van der Waals surface area contributed by atoms with Crippen LogP contribution in [0.15, 0.2) is 42.7 Å². The molecular formula is C14H14N4O. The standard InChI is InChI=1S/C14H14N4O/c19-14(18-12-3-1-2-8-15-12)10-4-7-13(16-9-10)17-11-5-6-11/h1-4,7-9,11H,5-6H2,(H,16,17)(H,15,18,19). The van der Waals surface area contributed by atoms with Crippen molar-refractivity contribution < 1.29 is 4.79 Å². The number of carbonyl (C=O) groups excluding carboxylic acids is 1. The quantitative estimate of drug-likeness (QED) is 0.878. The minimum Gasteiger partial charge on any atom is -0.367 e. The lowest BCUT2D eigenvalue weighted by Crippen LogP contribution is -2.13. The number of aromatic nitrogens is 2. The predicted molar refractivity (Wildman–Crippen MR) is 73.1 cm³/mol. The van der Waals surface area contributed by atoms with Gasteiger partial charge in [-0.3, -0.25) is 4.79 Å². The first-order valence-corrected chi connectivity index (χ1v) is 6.26. The maximum atomic E-state index is 11.9. The van der Waals surface area contributed by atoms with Gasteiger partial charge in [0.2, 0.25) is 0 Å². The predicted octanol–water partition coefficient (Wildman–Crippen LogP) is 2.30. The molecule has 0 saturated heterocycles. The fraction of sp³-hybridized carbons (Fsp3) is 0.214. The summed E-state index contributed by atoms with van der Waals surface area (Å²) < 4.78 is 0. The highest BCUT2D eigenvalue weighted by atomic mass is 16.1. The second-order valence-corrected chi connectivity index (χ2v) is 4.52. The van der Waals surface area contributed by atoms with E-state index in [1.165, 1.54) is 12.8 Å². The molecule has 2 heterocycles. The van der Waals surface area contributed by atoms with Gasteiger partial charge >= 0.3 is 0 Å². The molecule has 1 saturated carbocycles. The molecule has 96 valence electrons. The summed E-state index contributed by atoms with van der Waals surface area (Å²) in [7, 11) is 0. The highest BCUT2D eigenvalue weighted by Gasteiger charge is 2.21. The highest BCUT2D eigenvalue weighted by Crippen LogP contribution is 2.23. The van der Waals surface area contributed by atoms with Gasteiger partial charge in [0.05, 0.1) is 5.56 Å². The number of pyridine rings is 2. The van der Waals surface area contributed by atoms with E-state index in [1.807, 2.05) is 12.1 Å². The van der Waals surface area contributed by atoms with Crippen molar-refractivity contribution in [2.45, 2.75) is 18.9 Å². The maximum Gasteiger partial charge on any atom is 0.258 e. The number of rotatable bonds is 4. The second-order valence-electron chi connectivity index (χ2n) is 4.52. The van der Waals surface area contributed by atoms with Crippen LogP contribution in [0.4, 0.5) is 11.6 Å². The fourth-order valence-corrected chi connectivity index (χ4v) is 1.68. The van der Waals surface area contributed by atoms with Gasteiger partial charge in [-0.2, -0.15) is 0 Å².